The second kappa shape index (κ2) is 9.55. The van der Waals surface area contributed by atoms with Crippen molar-refractivity contribution in [3.05, 3.63) is 59.2 Å². The Kier molecular flexibility index (Phi) is 6.52. The quantitative estimate of drug-likeness (QED) is 0.490. The maximum Gasteiger partial charge on any atom is 0.573 e. The molecule has 38 heavy (non-hydrogen) atoms. The van der Waals surface area contributed by atoms with Crippen LogP contribution in [-0.4, -0.2) is 46.2 Å². The molecule has 7 nitrogen and oxygen atoms in total. The third-order valence-corrected chi connectivity index (χ3v) is 7.31. The van der Waals surface area contributed by atoms with Crippen molar-refractivity contribution in [1.82, 2.24) is 4.90 Å². The summed E-state index contributed by atoms with van der Waals surface area (Å²) < 4.78 is 70.4. The number of anilines is 1. The van der Waals surface area contributed by atoms with Crippen LogP contribution in [-0.2, 0) is 9.59 Å². The SMILES string of the molecule is O=C(O)CCC(=O)N(C1CC1)[C@H]1c2cc(F)c(F)cc2N(C(=O)c2ccc(OC(F)(F)F)cc2)[C@@H]2CC[C@@H]21. The fourth-order valence-electron chi connectivity index (χ4n) is 5.44. The fourth-order valence-corrected chi connectivity index (χ4v) is 5.44. The average molecular weight is 538 g/mol. The van der Waals surface area contributed by atoms with E-state index in [1.807, 2.05) is 0 Å². The molecule has 2 fully saturated rings. The molecule has 0 spiro atoms. The van der Waals surface area contributed by atoms with Crippen LogP contribution < -0.4 is 9.64 Å². The number of carbonyl (C=O) groups is 3. The van der Waals surface area contributed by atoms with Crippen LogP contribution in [0, 0.1) is 17.6 Å². The van der Waals surface area contributed by atoms with Gasteiger partial charge in [0.05, 0.1) is 18.2 Å². The highest BCUT2D eigenvalue weighted by Crippen LogP contribution is 2.55. The van der Waals surface area contributed by atoms with Gasteiger partial charge in [-0.2, -0.15) is 0 Å². The highest BCUT2D eigenvalue weighted by atomic mass is 19.4. The number of fused-ring (bicyclic) bond motifs is 2. The molecule has 12 heteroatoms. The first-order chi connectivity index (χ1) is 17.9. The van der Waals surface area contributed by atoms with E-state index in [9.17, 15) is 36.3 Å². The Labute approximate surface area is 213 Å². The maximum absolute atomic E-state index is 14.5. The third kappa shape index (κ3) is 4.91. The molecule has 2 aliphatic carbocycles. The zero-order valence-electron chi connectivity index (χ0n) is 19.9. The Morgan fingerprint density at radius 1 is 0.974 bits per heavy atom. The van der Waals surface area contributed by atoms with Crippen molar-refractivity contribution < 1.29 is 46.2 Å². The lowest BCUT2D eigenvalue weighted by Gasteiger charge is -2.55. The van der Waals surface area contributed by atoms with Crippen LogP contribution in [0.25, 0.3) is 0 Å². The summed E-state index contributed by atoms with van der Waals surface area (Å²) in [5.74, 6) is -5.30. The van der Waals surface area contributed by atoms with Crippen molar-refractivity contribution in [1.29, 1.82) is 0 Å². The first kappa shape index (κ1) is 25.9. The minimum Gasteiger partial charge on any atom is -0.481 e. The smallest absolute Gasteiger partial charge is 0.481 e. The molecule has 2 aromatic rings. The molecular formula is C26H23F5N2O5. The number of hydrogen-bond acceptors (Lipinski definition) is 4. The summed E-state index contributed by atoms with van der Waals surface area (Å²) in [6, 6.07) is 4.89. The van der Waals surface area contributed by atoms with E-state index < -0.39 is 53.6 Å². The van der Waals surface area contributed by atoms with E-state index in [1.54, 1.807) is 4.90 Å². The molecule has 3 atom stereocenters. The normalized spacial score (nSPS) is 22.1. The number of nitrogens with zero attached hydrogens (tertiary/aromatic N) is 2. The van der Waals surface area contributed by atoms with Crippen molar-refractivity contribution in [3.63, 3.8) is 0 Å². The summed E-state index contributed by atoms with van der Waals surface area (Å²) in [4.78, 5) is 40.7. The van der Waals surface area contributed by atoms with Crippen LogP contribution in [0.3, 0.4) is 0 Å². The van der Waals surface area contributed by atoms with Gasteiger partial charge in [-0.25, -0.2) is 8.78 Å². The van der Waals surface area contributed by atoms with Crippen LogP contribution in [0.5, 0.6) is 5.75 Å². The predicted octanol–water partition coefficient (Wildman–Crippen LogP) is 5.20. The van der Waals surface area contributed by atoms with Gasteiger partial charge in [0, 0.05) is 41.6 Å². The Balaban J connectivity index is 1.52. The molecule has 1 aliphatic heterocycles. The summed E-state index contributed by atoms with van der Waals surface area (Å²) in [5, 5.41) is 9.05. The molecule has 0 radical (unpaired) electrons. The van der Waals surface area contributed by atoms with Crippen molar-refractivity contribution in [2.45, 2.75) is 63.0 Å². The molecule has 2 amide bonds. The standard InChI is InChI=1S/C26H23F5N2O5/c27-18-11-17-21(12-19(18)28)33(25(37)13-1-5-15(6-2-13)38-26(29,30)31)20-8-7-16(20)24(17)32(14-3-4-14)22(34)9-10-23(35)36/h1-2,5-6,11-12,14,16,20,24H,3-4,7-10H2,(H,35,36)/t16-,20+,24+/m0/s1. The second-order valence-electron chi connectivity index (χ2n) is 9.75. The molecule has 1 N–H and O–H groups in total. The van der Waals surface area contributed by atoms with E-state index in [4.69, 9.17) is 5.11 Å². The van der Waals surface area contributed by atoms with Crippen LogP contribution in [0.2, 0.25) is 0 Å². The van der Waals surface area contributed by atoms with Gasteiger partial charge in [-0.1, -0.05) is 0 Å². The molecule has 2 aromatic carbocycles. The summed E-state index contributed by atoms with van der Waals surface area (Å²) in [6.45, 7) is 0. The molecule has 0 bridgehead atoms. The van der Waals surface area contributed by atoms with Gasteiger partial charge < -0.3 is 19.6 Å². The number of hydrogen-bond donors (Lipinski definition) is 1. The molecule has 0 unspecified atom stereocenters. The van der Waals surface area contributed by atoms with Gasteiger partial charge in [0.1, 0.15) is 5.75 Å². The summed E-state index contributed by atoms with van der Waals surface area (Å²) in [5.41, 5.74) is 0.342. The summed E-state index contributed by atoms with van der Waals surface area (Å²) in [6.07, 6.45) is -3.02. The van der Waals surface area contributed by atoms with E-state index in [1.165, 1.54) is 4.90 Å². The molecule has 0 aromatic heterocycles. The second-order valence-corrected chi connectivity index (χ2v) is 9.75. The molecular weight excluding hydrogens is 515 g/mol. The lowest BCUT2D eigenvalue weighted by atomic mass is 9.67. The highest BCUT2D eigenvalue weighted by Gasteiger charge is 2.53. The first-order valence-corrected chi connectivity index (χ1v) is 12.2. The van der Waals surface area contributed by atoms with E-state index in [0.29, 0.717) is 25.7 Å². The van der Waals surface area contributed by atoms with Crippen molar-refractivity contribution in [3.8, 4) is 5.75 Å². The van der Waals surface area contributed by atoms with E-state index in [0.717, 1.165) is 36.4 Å². The van der Waals surface area contributed by atoms with Crippen LogP contribution in [0.4, 0.5) is 27.6 Å². The number of alkyl halides is 3. The van der Waals surface area contributed by atoms with Crippen LogP contribution >= 0.6 is 0 Å². The predicted molar refractivity (Wildman–Crippen MR) is 122 cm³/mol. The lowest BCUT2D eigenvalue weighted by molar-refractivity contribution is -0.274. The molecule has 3 aliphatic rings. The summed E-state index contributed by atoms with van der Waals surface area (Å²) in [7, 11) is 0. The Bertz CT molecular complexity index is 1280. The number of aliphatic carboxylic acids is 1. The number of rotatable bonds is 7. The van der Waals surface area contributed by atoms with Gasteiger partial charge in [0.15, 0.2) is 11.6 Å². The number of amides is 2. The fraction of sp³-hybridized carbons (Fsp3) is 0.423. The van der Waals surface area contributed by atoms with Crippen molar-refractivity contribution >= 4 is 23.5 Å². The Morgan fingerprint density at radius 2 is 1.63 bits per heavy atom. The zero-order chi connectivity index (χ0) is 27.4. The number of carboxylic acids is 1. The molecule has 1 heterocycles. The van der Waals surface area contributed by atoms with Gasteiger partial charge in [0.25, 0.3) is 5.91 Å². The van der Waals surface area contributed by atoms with Crippen LogP contribution in [0.15, 0.2) is 36.4 Å². The number of carboxylic acid groups (broad SMARTS) is 1. The Morgan fingerprint density at radius 3 is 2.18 bits per heavy atom. The summed E-state index contributed by atoms with van der Waals surface area (Å²) >= 11 is 0. The van der Waals surface area contributed by atoms with E-state index >= 15 is 0 Å². The van der Waals surface area contributed by atoms with Gasteiger partial charge in [-0.05, 0) is 56.0 Å². The third-order valence-electron chi connectivity index (χ3n) is 7.31. The Hall–Kier alpha value is -3.70. The zero-order valence-corrected chi connectivity index (χ0v) is 19.9. The van der Waals surface area contributed by atoms with Crippen molar-refractivity contribution in [2.75, 3.05) is 4.90 Å². The van der Waals surface area contributed by atoms with Gasteiger partial charge >= 0.3 is 12.3 Å². The molecule has 202 valence electrons. The average Bonchev–Trinajstić information content (AvgIpc) is 3.65. The van der Waals surface area contributed by atoms with E-state index in [-0.39, 0.29) is 41.6 Å². The van der Waals surface area contributed by atoms with Gasteiger partial charge in [-0.15, -0.1) is 13.2 Å². The van der Waals surface area contributed by atoms with Gasteiger partial charge in [-0.3, -0.25) is 14.4 Å². The molecule has 0 saturated heterocycles. The number of halogens is 5. The molecule has 5 rings (SSSR count). The first-order valence-electron chi connectivity index (χ1n) is 12.2. The number of benzene rings is 2. The molecule has 2 saturated carbocycles. The topological polar surface area (TPSA) is 87.2 Å². The van der Waals surface area contributed by atoms with Crippen molar-refractivity contribution in [2.24, 2.45) is 5.92 Å². The minimum absolute atomic E-state index is 0.0240. The number of ether oxygens (including phenoxy) is 1. The number of carbonyl (C=O) groups excluding carboxylic acids is 2. The van der Waals surface area contributed by atoms with Crippen LogP contribution in [0.1, 0.15) is 60.5 Å². The van der Waals surface area contributed by atoms with Gasteiger partial charge in [0.2, 0.25) is 5.91 Å². The van der Waals surface area contributed by atoms with E-state index in [2.05, 4.69) is 4.74 Å². The largest absolute Gasteiger partial charge is 0.573 e. The lowest BCUT2D eigenvalue weighted by Crippen LogP contribution is -2.59. The highest BCUT2D eigenvalue weighted by molar-refractivity contribution is 6.07. The monoisotopic (exact) mass is 538 g/mol. The maximum atomic E-state index is 14.5. The minimum atomic E-state index is -4.90.